The van der Waals surface area contributed by atoms with Gasteiger partial charge in [-0.1, -0.05) is 6.42 Å². The van der Waals surface area contributed by atoms with Gasteiger partial charge in [0.05, 0.1) is 4.90 Å². The SMILES string of the molecule is Cc1cc(F)cc(C)c1S(=O)(=O)N(CCN)C1CCC1. The molecule has 1 aliphatic carbocycles. The first-order valence-corrected chi connectivity index (χ1v) is 8.30. The number of hydrogen-bond donors (Lipinski definition) is 1. The van der Waals surface area contributed by atoms with E-state index in [2.05, 4.69) is 0 Å². The Hall–Kier alpha value is -0.980. The summed E-state index contributed by atoms with van der Waals surface area (Å²) in [6.07, 6.45) is 2.79. The van der Waals surface area contributed by atoms with E-state index in [1.54, 1.807) is 13.8 Å². The molecule has 1 aromatic carbocycles. The fourth-order valence-electron chi connectivity index (χ4n) is 2.72. The van der Waals surface area contributed by atoms with Crippen LogP contribution in [0.3, 0.4) is 0 Å². The minimum Gasteiger partial charge on any atom is -0.329 e. The van der Waals surface area contributed by atoms with Crippen molar-refractivity contribution in [2.24, 2.45) is 5.73 Å². The van der Waals surface area contributed by atoms with Crippen LogP contribution < -0.4 is 5.73 Å². The van der Waals surface area contributed by atoms with Gasteiger partial charge < -0.3 is 5.73 Å². The number of nitrogens with two attached hydrogens (primary N) is 1. The molecule has 0 spiro atoms. The van der Waals surface area contributed by atoms with Gasteiger partial charge in [0, 0.05) is 19.1 Å². The normalized spacial score (nSPS) is 16.4. The van der Waals surface area contributed by atoms with Gasteiger partial charge in [-0.25, -0.2) is 12.8 Å². The molecule has 0 aliphatic heterocycles. The second-order valence-corrected chi connectivity index (χ2v) is 7.19. The average Bonchev–Trinajstić information content (AvgIpc) is 2.23. The Morgan fingerprint density at radius 2 is 1.85 bits per heavy atom. The first-order chi connectivity index (χ1) is 9.37. The van der Waals surface area contributed by atoms with Crippen molar-refractivity contribution >= 4 is 10.0 Å². The van der Waals surface area contributed by atoms with E-state index in [9.17, 15) is 12.8 Å². The van der Waals surface area contributed by atoms with Crippen molar-refractivity contribution in [3.63, 3.8) is 0 Å². The number of hydrogen-bond acceptors (Lipinski definition) is 3. The topological polar surface area (TPSA) is 63.4 Å². The predicted octanol–water partition coefficient (Wildman–Crippen LogP) is 1.94. The molecule has 6 heteroatoms. The summed E-state index contributed by atoms with van der Waals surface area (Å²) in [4.78, 5) is 0.222. The highest BCUT2D eigenvalue weighted by Crippen LogP contribution is 2.32. The Bertz CT molecular complexity index is 574. The molecule has 0 unspecified atom stereocenters. The minimum absolute atomic E-state index is 0.0346. The Morgan fingerprint density at radius 1 is 1.30 bits per heavy atom. The van der Waals surface area contributed by atoms with Gasteiger partial charge in [0.25, 0.3) is 0 Å². The van der Waals surface area contributed by atoms with Crippen molar-refractivity contribution in [3.05, 3.63) is 29.1 Å². The summed E-state index contributed by atoms with van der Waals surface area (Å²) in [6.45, 7) is 3.85. The zero-order chi connectivity index (χ0) is 14.9. The quantitative estimate of drug-likeness (QED) is 0.904. The Labute approximate surface area is 119 Å². The number of sulfonamides is 1. The maximum Gasteiger partial charge on any atom is 0.243 e. The van der Waals surface area contributed by atoms with Crippen LogP contribution in [0, 0.1) is 19.7 Å². The van der Waals surface area contributed by atoms with Crippen LogP contribution in [0.4, 0.5) is 4.39 Å². The maximum atomic E-state index is 13.4. The lowest BCUT2D eigenvalue weighted by atomic mass is 9.93. The molecule has 0 amide bonds. The van der Waals surface area contributed by atoms with Gasteiger partial charge in [0.15, 0.2) is 0 Å². The van der Waals surface area contributed by atoms with Crippen LogP contribution in [0.1, 0.15) is 30.4 Å². The second-order valence-electron chi connectivity index (χ2n) is 5.36. The summed E-state index contributed by atoms with van der Waals surface area (Å²) >= 11 is 0. The van der Waals surface area contributed by atoms with Crippen LogP contribution in [0.15, 0.2) is 17.0 Å². The Kier molecular flexibility index (Phi) is 4.46. The van der Waals surface area contributed by atoms with Crippen molar-refractivity contribution in [2.45, 2.75) is 44.0 Å². The molecule has 1 aromatic rings. The van der Waals surface area contributed by atoms with Crippen LogP contribution in [0.2, 0.25) is 0 Å². The van der Waals surface area contributed by atoms with Gasteiger partial charge in [-0.15, -0.1) is 0 Å². The molecule has 0 saturated heterocycles. The van der Waals surface area contributed by atoms with Gasteiger partial charge in [-0.05, 0) is 49.9 Å². The molecule has 2 N–H and O–H groups in total. The van der Waals surface area contributed by atoms with Gasteiger partial charge in [-0.2, -0.15) is 4.31 Å². The van der Waals surface area contributed by atoms with E-state index in [0.717, 1.165) is 19.3 Å². The van der Waals surface area contributed by atoms with E-state index in [-0.39, 0.29) is 17.5 Å². The van der Waals surface area contributed by atoms with Gasteiger partial charge in [0.2, 0.25) is 10.0 Å². The van der Waals surface area contributed by atoms with Crippen LogP contribution >= 0.6 is 0 Å². The maximum absolute atomic E-state index is 13.4. The van der Waals surface area contributed by atoms with Crippen molar-refractivity contribution in [3.8, 4) is 0 Å². The van der Waals surface area contributed by atoms with Gasteiger partial charge >= 0.3 is 0 Å². The summed E-state index contributed by atoms with van der Waals surface area (Å²) in [5, 5.41) is 0. The smallest absolute Gasteiger partial charge is 0.243 e. The molecule has 1 aliphatic rings. The molecule has 1 saturated carbocycles. The summed E-state index contributed by atoms with van der Waals surface area (Å²) in [6, 6.07) is 2.56. The molecule has 0 heterocycles. The summed E-state index contributed by atoms with van der Waals surface area (Å²) < 4.78 is 40.6. The lowest BCUT2D eigenvalue weighted by Crippen LogP contribution is -2.46. The van der Waals surface area contributed by atoms with E-state index < -0.39 is 15.8 Å². The second kappa shape index (κ2) is 5.79. The molecule has 20 heavy (non-hydrogen) atoms. The van der Waals surface area contributed by atoms with Crippen LogP contribution in [0.25, 0.3) is 0 Å². The molecule has 1 fully saturated rings. The van der Waals surface area contributed by atoms with Crippen molar-refractivity contribution in [1.82, 2.24) is 4.31 Å². The third-order valence-electron chi connectivity index (χ3n) is 3.82. The number of benzene rings is 1. The zero-order valence-electron chi connectivity index (χ0n) is 11.9. The number of halogens is 1. The monoisotopic (exact) mass is 300 g/mol. The van der Waals surface area contributed by atoms with E-state index >= 15 is 0 Å². The molecule has 4 nitrogen and oxygen atoms in total. The van der Waals surface area contributed by atoms with Crippen LogP contribution in [0.5, 0.6) is 0 Å². The molecule has 0 radical (unpaired) electrons. The Balaban J connectivity index is 2.47. The molecular formula is C14H21FN2O2S. The fourth-order valence-corrected chi connectivity index (χ4v) is 4.84. The van der Waals surface area contributed by atoms with Crippen molar-refractivity contribution in [1.29, 1.82) is 0 Å². The summed E-state index contributed by atoms with van der Waals surface area (Å²) in [5.41, 5.74) is 6.45. The fraction of sp³-hybridized carbons (Fsp3) is 0.571. The van der Waals surface area contributed by atoms with Crippen molar-refractivity contribution in [2.75, 3.05) is 13.1 Å². The summed E-state index contributed by atoms with van der Waals surface area (Å²) in [7, 11) is -3.61. The first kappa shape index (κ1) is 15.4. The third kappa shape index (κ3) is 2.73. The van der Waals surface area contributed by atoms with E-state index in [4.69, 9.17) is 5.73 Å². The predicted molar refractivity (Wildman–Crippen MR) is 76.5 cm³/mol. The first-order valence-electron chi connectivity index (χ1n) is 6.86. The van der Waals surface area contributed by atoms with Gasteiger partial charge in [-0.3, -0.25) is 0 Å². The molecule has 2 rings (SSSR count). The van der Waals surface area contributed by atoms with E-state index in [1.165, 1.54) is 16.4 Å². The van der Waals surface area contributed by atoms with E-state index in [1.807, 2.05) is 0 Å². The molecule has 0 atom stereocenters. The van der Waals surface area contributed by atoms with E-state index in [0.29, 0.717) is 17.7 Å². The lowest BCUT2D eigenvalue weighted by Gasteiger charge is -2.36. The number of rotatable bonds is 5. The third-order valence-corrected chi connectivity index (χ3v) is 6.08. The van der Waals surface area contributed by atoms with Crippen LogP contribution in [-0.2, 0) is 10.0 Å². The molecule has 112 valence electrons. The van der Waals surface area contributed by atoms with Gasteiger partial charge in [0.1, 0.15) is 5.82 Å². The molecular weight excluding hydrogens is 279 g/mol. The number of aryl methyl sites for hydroxylation is 2. The lowest BCUT2D eigenvalue weighted by molar-refractivity contribution is 0.223. The highest BCUT2D eigenvalue weighted by Gasteiger charge is 2.35. The Morgan fingerprint density at radius 3 is 2.25 bits per heavy atom. The minimum atomic E-state index is -3.61. The number of nitrogens with zero attached hydrogens (tertiary/aromatic N) is 1. The highest BCUT2D eigenvalue weighted by atomic mass is 32.2. The molecule has 0 bridgehead atoms. The largest absolute Gasteiger partial charge is 0.329 e. The molecule has 0 aromatic heterocycles. The standard InChI is InChI=1S/C14H21FN2O2S/c1-10-8-12(15)9-11(2)14(10)20(18,19)17(7-6-16)13-4-3-5-13/h8-9,13H,3-7,16H2,1-2H3. The highest BCUT2D eigenvalue weighted by molar-refractivity contribution is 7.89. The zero-order valence-corrected chi connectivity index (χ0v) is 12.7. The summed E-state index contributed by atoms with van der Waals surface area (Å²) in [5.74, 6) is -0.409. The average molecular weight is 300 g/mol. The van der Waals surface area contributed by atoms with Crippen LogP contribution in [-0.4, -0.2) is 31.9 Å². The van der Waals surface area contributed by atoms with Crippen molar-refractivity contribution < 1.29 is 12.8 Å².